The van der Waals surface area contributed by atoms with E-state index < -0.39 is 35.6 Å². The standard InChI is InChI=1S/C20H29N3O11/c1-2-3-16(26)22(14-24)33-20(30)8-10-31-12-13-32-11-9-21-15(25)4-7-19(29)34-23-17(27)5-6-18(23)28/h14H,2-13H2,1H3,(H,21,25). The first-order chi connectivity index (χ1) is 16.3. The molecule has 0 unspecified atom stereocenters. The molecule has 0 aromatic carbocycles. The number of ether oxygens (including phenoxy) is 2. The van der Waals surface area contributed by atoms with Gasteiger partial charge in [0.25, 0.3) is 24.1 Å². The van der Waals surface area contributed by atoms with Crippen molar-refractivity contribution in [3.8, 4) is 0 Å². The van der Waals surface area contributed by atoms with Crippen molar-refractivity contribution in [2.24, 2.45) is 0 Å². The van der Waals surface area contributed by atoms with Gasteiger partial charge in [-0.15, -0.1) is 10.1 Å². The molecule has 0 atom stereocenters. The first-order valence-corrected chi connectivity index (χ1v) is 10.7. The molecule has 0 aromatic heterocycles. The van der Waals surface area contributed by atoms with E-state index in [9.17, 15) is 33.6 Å². The van der Waals surface area contributed by atoms with E-state index >= 15 is 0 Å². The maximum absolute atomic E-state index is 11.7. The van der Waals surface area contributed by atoms with Gasteiger partial charge in [-0.1, -0.05) is 6.92 Å². The van der Waals surface area contributed by atoms with Crippen LogP contribution in [0.25, 0.3) is 0 Å². The van der Waals surface area contributed by atoms with Crippen LogP contribution < -0.4 is 5.32 Å². The van der Waals surface area contributed by atoms with Crippen LogP contribution >= 0.6 is 0 Å². The van der Waals surface area contributed by atoms with Gasteiger partial charge < -0.3 is 24.5 Å². The van der Waals surface area contributed by atoms with Crippen LogP contribution in [0.5, 0.6) is 0 Å². The predicted molar refractivity (Wildman–Crippen MR) is 110 cm³/mol. The maximum Gasteiger partial charge on any atom is 0.335 e. The molecule has 190 valence electrons. The van der Waals surface area contributed by atoms with Crippen LogP contribution in [0.15, 0.2) is 0 Å². The van der Waals surface area contributed by atoms with E-state index in [-0.39, 0.29) is 77.9 Å². The molecule has 1 saturated heterocycles. The largest absolute Gasteiger partial charge is 0.378 e. The number of hydrogen-bond donors (Lipinski definition) is 1. The fraction of sp³-hybridized carbons (Fsp3) is 0.650. The Morgan fingerprint density at radius 2 is 1.56 bits per heavy atom. The zero-order valence-electron chi connectivity index (χ0n) is 18.9. The van der Waals surface area contributed by atoms with Crippen molar-refractivity contribution in [3.05, 3.63) is 0 Å². The number of rotatable bonds is 16. The van der Waals surface area contributed by atoms with Crippen molar-refractivity contribution in [2.75, 3.05) is 33.0 Å². The third-order valence-electron chi connectivity index (χ3n) is 4.15. The summed E-state index contributed by atoms with van der Waals surface area (Å²) in [4.78, 5) is 89.1. The van der Waals surface area contributed by atoms with E-state index in [2.05, 4.69) is 15.0 Å². The first-order valence-electron chi connectivity index (χ1n) is 10.7. The zero-order valence-corrected chi connectivity index (χ0v) is 18.9. The number of hydrogen-bond acceptors (Lipinski definition) is 11. The number of amides is 5. The summed E-state index contributed by atoms with van der Waals surface area (Å²) >= 11 is 0. The summed E-state index contributed by atoms with van der Waals surface area (Å²) in [5.41, 5.74) is 0. The Labute approximate surface area is 195 Å². The van der Waals surface area contributed by atoms with Crippen molar-refractivity contribution in [3.63, 3.8) is 0 Å². The molecule has 1 rings (SSSR count). The fourth-order valence-corrected chi connectivity index (χ4v) is 2.46. The Bertz CT molecular complexity index is 740. The summed E-state index contributed by atoms with van der Waals surface area (Å²) in [6.45, 7) is 2.44. The third-order valence-corrected chi connectivity index (χ3v) is 4.15. The van der Waals surface area contributed by atoms with Gasteiger partial charge in [-0.05, 0) is 6.42 Å². The van der Waals surface area contributed by atoms with Crippen LogP contribution in [-0.4, -0.2) is 85.1 Å². The highest BCUT2D eigenvalue weighted by molar-refractivity contribution is 6.01. The van der Waals surface area contributed by atoms with Gasteiger partial charge in [-0.2, -0.15) is 0 Å². The Morgan fingerprint density at radius 1 is 0.912 bits per heavy atom. The van der Waals surface area contributed by atoms with Crippen LogP contribution in [0.4, 0.5) is 0 Å². The van der Waals surface area contributed by atoms with Crippen LogP contribution in [0.1, 0.15) is 51.9 Å². The minimum absolute atomic E-state index is 0.00167. The predicted octanol–water partition coefficient (Wildman–Crippen LogP) is -0.843. The van der Waals surface area contributed by atoms with Gasteiger partial charge in [0.1, 0.15) is 0 Å². The van der Waals surface area contributed by atoms with Crippen molar-refractivity contribution in [1.82, 2.24) is 15.4 Å². The molecule has 1 fully saturated rings. The molecular weight excluding hydrogens is 458 g/mol. The number of carbonyl (C=O) groups excluding carboxylic acids is 7. The Hall–Kier alpha value is -3.39. The van der Waals surface area contributed by atoms with Crippen LogP contribution in [0, 0.1) is 0 Å². The Kier molecular flexibility index (Phi) is 13.7. The first kappa shape index (κ1) is 28.6. The van der Waals surface area contributed by atoms with Crippen LogP contribution in [0.2, 0.25) is 0 Å². The minimum Gasteiger partial charge on any atom is -0.378 e. The monoisotopic (exact) mass is 487 g/mol. The third kappa shape index (κ3) is 11.5. The minimum atomic E-state index is -0.859. The SMILES string of the molecule is CCCC(=O)N(C=O)OC(=O)CCOCCOCCNC(=O)CCC(=O)ON1C(=O)CCC1=O. The van der Waals surface area contributed by atoms with E-state index in [4.69, 9.17) is 9.47 Å². The second kappa shape index (κ2) is 16.3. The fourth-order valence-electron chi connectivity index (χ4n) is 2.46. The molecule has 34 heavy (non-hydrogen) atoms. The lowest BCUT2D eigenvalue weighted by Gasteiger charge is -2.13. The molecule has 0 aliphatic carbocycles. The highest BCUT2D eigenvalue weighted by atomic mass is 16.7. The summed E-state index contributed by atoms with van der Waals surface area (Å²) in [5, 5.41) is 3.31. The summed E-state index contributed by atoms with van der Waals surface area (Å²) in [6.07, 6.45) is 0.0635. The molecule has 0 aromatic rings. The number of nitrogens with one attached hydrogen (secondary N) is 1. The smallest absolute Gasteiger partial charge is 0.335 e. The highest BCUT2D eigenvalue weighted by Gasteiger charge is 2.32. The molecule has 1 aliphatic heterocycles. The van der Waals surface area contributed by atoms with Crippen LogP contribution in [0.3, 0.4) is 0 Å². The van der Waals surface area contributed by atoms with Crippen molar-refractivity contribution < 1.29 is 52.7 Å². The summed E-state index contributed by atoms with van der Waals surface area (Å²) in [5.74, 6) is -3.87. The number of imide groups is 2. The molecule has 0 radical (unpaired) electrons. The number of carbonyl (C=O) groups is 7. The van der Waals surface area contributed by atoms with Gasteiger partial charge >= 0.3 is 11.9 Å². The summed E-state index contributed by atoms with van der Waals surface area (Å²) < 4.78 is 10.4. The van der Waals surface area contributed by atoms with E-state index in [1.165, 1.54) is 0 Å². The lowest BCUT2D eigenvalue weighted by Crippen LogP contribution is -2.33. The van der Waals surface area contributed by atoms with Gasteiger partial charge in [0, 0.05) is 32.2 Å². The summed E-state index contributed by atoms with van der Waals surface area (Å²) in [7, 11) is 0. The summed E-state index contributed by atoms with van der Waals surface area (Å²) in [6, 6.07) is 0. The van der Waals surface area contributed by atoms with E-state index in [1.54, 1.807) is 6.92 Å². The number of hydroxylamine groups is 4. The highest BCUT2D eigenvalue weighted by Crippen LogP contribution is 2.12. The molecule has 5 amide bonds. The molecule has 0 bridgehead atoms. The van der Waals surface area contributed by atoms with Crippen molar-refractivity contribution in [1.29, 1.82) is 0 Å². The maximum atomic E-state index is 11.7. The Morgan fingerprint density at radius 3 is 2.18 bits per heavy atom. The molecule has 0 saturated carbocycles. The second-order valence-corrected chi connectivity index (χ2v) is 6.91. The van der Waals surface area contributed by atoms with E-state index in [1.807, 2.05) is 0 Å². The average molecular weight is 487 g/mol. The van der Waals surface area contributed by atoms with Gasteiger partial charge in [0.2, 0.25) is 5.91 Å². The molecule has 1 N–H and O–H groups in total. The van der Waals surface area contributed by atoms with Crippen molar-refractivity contribution in [2.45, 2.75) is 51.9 Å². The topological polar surface area (TPSA) is 175 Å². The lowest BCUT2D eigenvalue weighted by molar-refractivity contribution is -0.197. The van der Waals surface area contributed by atoms with Gasteiger partial charge in [0.15, 0.2) is 0 Å². The van der Waals surface area contributed by atoms with Crippen molar-refractivity contribution >= 4 is 42.0 Å². The van der Waals surface area contributed by atoms with Gasteiger partial charge in [-0.25, -0.2) is 9.59 Å². The normalized spacial score (nSPS) is 12.9. The van der Waals surface area contributed by atoms with Crippen LogP contribution in [-0.2, 0) is 52.7 Å². The van der Waals surface area contributed by atoms with E-state index in [0.29, 0.717) is 16.5 Å². The molecular formula is C20H29N3O11. The van der Waals surface area contributed by atoms with Gasteiger partial charge in [-0.3, -0.25) is 24.0 Å². The molecule has 14 nitrogen and oxygen atoms in total. The zero-order chi connectivity index (χ0) is 25.3. The van der Waals surface area contributed by atoms with Gasteiger partial charge in [0.05, 0.1) is 39.3 Å². The molecule has 1 heterocycles. The lowest BCUT2D eigenvalue weighted by atomic mass is 10.3. The Balaban J connectivity index is 1.99. The second-order valence-electron chi connectivity index (χ2n) is 6.91. The molecule has 0 spiro atoms. The molecule has 1 aliphatic rings. The quantitative estimate of drug-likeness (QED) is 0.124. The number of nitrogens with zero attached hydrogens (tertiary/aromatic N) is 2. The average Bonchev–Trinajstić information content (AvgIpc) is 3.12. The van der Waals surface area contributed by atoms with E-state index in [0.717, 1.165) is 0 Å². The molecule has 14 heteroatoms.